The largest absolute Gasteiger partial charge is 0.494 e. The number of halogens is 1. The number of benzene rings is 3. The molecule has 36 heavy (non-hydrogen) atoms. The van der Waals surface area contributed by atoms with Crippen LogP contribution in [0.1, 0.15) is 25.3 Å². The van der Waals surface area contributed by atoms with Crippen LogP contribution in [0.5, 0.6) is 17.2 Å². The van der Waals surface area contributed by atoms with Crippen LogP contribution in [0.4, 0.5) is 4.39 Å². The van der Waals surface area contributed by atoms with E-state index in [-0.39, 0.29) is 19.1 Å². The summed E-state index contributed by atoms with van der Waals surface area (Å²) < 4.78 is 31.7. The van der Waals surface area contributed by atoms with Crippen molar-refractivity contribution in [3.05, 3.63) is 82.4 Å². The summed E-state index contributed by atoms with van der Waals surface area (Å²) >= 11 is 0. The molecular formula is C28H23FN2O5. The maximum absolute atomic E-state index is 14.1. The van der Waals surface area contributed by atoms with Gasteiger partial charge >= 0.3 is 0 Å². The van der Waals surface area contributed by atoms with E-state index in [0.717, 1.165) is 5.56 Å². The van der Waals surface area contributed by atoms with Gasteiger partial charge in [0.2, 0.25) is 6.79 Å². The molecule has 0 unspecified atom stereocenters. The van der Waals surface area contributed by atoms with Gasteiger partial charge in [0, 0.05) is 10.9 Å². The molecule has 0 amide bonds. The number of carbonyl (C=O) groups excluding carboxylic acids is 1. The second-order valence-corrected chi connectivity index (χ2v) is 9.04. The second kappa shape index (κ2) is 8.48. The summed E-state index contributed by atoms with van der Waals surface area (Å²) in [5.41, 5.74) is 0.690. The van der Waals surface area contributed by atoms with Crippen LogP contribution in [0.25, 0.3) is 22.0 Å². The molecule has 8 heteroatoms. The highest BCUT2D eigenvalue weighted by Crippen LogP contribution is 2.51. The summed E-state index contributed by atoms with van der Waals surface area (Å²) in [4.78, 5) is 27.1. The summed E-state index contributed by atoms with van der Waals surface area (Å²) in [5, 5.41) is 5.47. The average molecular weight is 486 g/mol. The van der Waals surface area contributed by atoms with Crippen LogP contribution in [-0.4, -0.2) is 29.0 Å². The Labute approximate surface area is 206 Å². The number of carbonyl (C=O) groups is 1. The number of Topliss-reactive ketones (excluding diaryl/α,β-unsaturated/α-hetero) is 1. The topological polar surface area (TPSA) is 79.7 Å². The van der Waals surface area contributed by atoms with Gasteiger partial charge in [-0.3, -0.25) is 9.59 Å². The van der Waals surface area contributed by atoms with E-state index in [1.54, 1.807) is 30.3 Å². The predicted molar refractivity (Wildman–Crippen MR) is 131 cm³/mol. The van der Waals surface area contributed by atoms with Crippen LogP contribution in [0.3, 0.4) is 0 Å². The molecule has 1 fully saturated rings. The number of fused-ring (bicyclic) bond motifs is 2. The van der Waals surface area contributed by atoms with Crippen molar-refractivity contribution in [2.45, 2.75) is 31.7 Å². The molecule has 0 radical (unpaired) electrons. The molecule has 0 atom stereocenters. The Morgan fingerprint density at radius 3 is 2.67 bits per heavy atom. The number of aromatic nitrogens is 2. The van der Waals surface area contributed by atoms with Crippen molar-refractivity contribution in [1.82, 2.24) is 9.78 Å². The van der Waals surface area contributed by atoms with Gasteiger partial charge in [0.15, 0.2) is 17.3 Å². The Morgan fingerprint density at radius 1 is 1.06 bits per heavy atom. The molecule has 182 valence electrons. The Bertz CT molecular complexity index is 1570. The van der Waals surface area contributed by atoms with Gasteiger partial charge in [0.25, 0.3) is 5.56 Å². The first-order chi connectivity index (χ1) is 17.5. The van der Waals surface area contributed by atoms with Crippen molar-refractivity contribution >= 4 is 16.6 Å². The maximum atomic E-state index is 14.1. The smallest absolute Gasteiger partial charge is 0.275 e. The zero-order chi connectivity index (χ0) is 24.9. The minimum absolute atomic E-state index is 0.110. The van der Waals surface area contributed by atoms with Crippen molar-refractivity contribution in [2.75, 3.05) is 13.4 Å². The van der Waals surface area contributed by atoms with Crippen molar-refractivity contribution in [3.63, 3.8) is 0 Å². The third-order valence-corrected chi connectivity index (χ3v) is 6.84. The molecule has 7 nitrogen and oxygen atoms in total. The summed E-state index contributed by atoms with van der Waals surface area (Å²) in [5.74, 6) is 1.28. The molecule has 0 saturated heterocycles. The summed E-state index contributed by atoms with van der Waals surface area (Å²) in [7, 11) is 0. The fourth-order valence-corrected chi connectivity index (χ4v) is 4.81. The van der Waals surface area contributed by atoms with E-state index in [2.05, 4.69) is 5.10 Å². The van der Waals surface area contributed by atoms with Crippen LogP contribution in [0.15, 0.2) is 65.5 Å². The zero-order valence-electron chi connectivity index (χ0n) is 19.6. The molecule has 1 aliphatic carbocycles. The molecule has 0 bridgehead atoms. The molecule has 0 N–H and O–H groups in total. The highest BCUT2D eigenvalue weighted by atomic mass is 19.1. The van der Waals surface area contributed by atoms with E-state index in [9.17, 15) is 14.0 Å². The van der Waals surface area contributed by atoms with Crippen LogP contribution in [-0.2, 0) is 16.8 Å². The zero-order valence-corrected chi connectivity index (χ0v) is 19.6. The minimum Gasteiger partial charge on any atom is -0.494 e. The lowest BCUT2D eigenvalue weighted by atomic mass is 9.91. The molecule has 1 aliphatic heterocycles. The molecular weight excluding hydrogens is 463 g/mol. The first-order valence-electron chi connectivity index (χ1n) is 11.9. The molecule has 1 aromatic heterocycles. The van der Waals surface area contributed by atoms with Gasteiger partial charge in [0.1, 0.15) is 18.1 Å². The van der Waals surface area contributed by atoms with E-state index < -0.39 is 16.8 Å². The first-order valence-corrected chi connectivity index (χ1v) is 11.9. The number of rotatable bonds is 7. The Balaban J connectivity index is 1.43. The lowest BCUT2D eigenvalue weighted by Crippen LogP contribution is -2.32. The van der Waals surface area contributed by atoms with Gasteiger partial charge in [-0.2, -0.15) is 5.10 Å². The Kier molecular flexibility index (Phi) is 5.25. The van der Waals surface area contributed by atoms with E-state index in [0.29, 0.717) is 58.7 Å². The SMILES string of the molecule is CCOc1ccc2c(-c3cccc(F)c3)nn(CC(=O)C3(c4ccc5c(c4)OCO5)CC3)c(=O)c2c1. The molecule has 4 aromatic rings. The van der Waals surface area contributed by atoms with Crippen molar-refractivity contribution in [2.24, 2.45) is 0 Å². The van der Waals surface area contributed by atoms with Gasteiger partial charge in [-0.25, -0.2) is 9.07 Å². The lowest BCUT2D eigenvalue weighted by Gasteiger charge is -2.17. The van der Waals surface area contributed by atoms with Gasteiger partial charge in [-0.1, -0.05) is 18.2 Å². The molecule has 0 spiro atoms. The number of ketones is 1. The molecule has 2 aliphatic rings. The van der Waals surface area contributed by atoms with Crippen LogP contribution in [0, 0.1) is 5.82 Å². The quantitative estimate of drug-likeness (QED) is 0.379. The van der Waals surface area contributed by atoms with E-state index in [1.807, 2.05) is 25.1 Å². The normalized spacial score (nSPS) is 15.2. The molecule has 6 rings (SSSR count). The van der Waals surface area contributed by atoms with Gasteiger partial charge in [-0.05, 0) is 67.8 Å². The highest BCUT2D eigenvalue weighted by molar-refractivity contribution is 5.96. The second-order valence-electron chi connectivity index (χ2n) is 9.04. The maximum Gasteiger partial charge on any atom is 0.275 e. The average Bonchev–Trinajstić information content (AvgIpc) is 3.56. The van der Waals surface area contributed by atoms with E-state index in [1.165, 1.54) is 16.8 Å². The predicted octanol–water partition coefficient (Wildman–Crippen LogP) is 4.63. The number of nitrogens with zero attached hydrogens (tertiary/aromatic N) is 2. The Morgan fingerprint density at radius 2 is 1.89 bits per heavy atom. The molecule has 2 heterocycles. The fourth-order valence-electron chi connectivity index (χ4n) is 4.81. The number of hydrogen-bond donors (Lipinski definition) is 0. The fraction of sp³-hybridized carbons (Fsp3) is 0.250. The van der Waals surface area contributed by atoms with Gasteiger partial charge in [0.05, 0.1) is 23.1 Å². The van der Waals surface area contributed by atoms with E-state index in [4.69, 9.17) is 14.2 Å². The standard InChI is InChI=1S/C28H23FN2O5/c1-2-34-20-7-8-21-22(14-20)27(33)31(30-26(21)17-4-3-5-19(29)12-17)15-25(32)28(10-11-28)18-6-9-23-24(13-18)36-16-35-23/h3-9,12-14H,2,10-11,15-16H2,1H3. The summed E-state index contributed by atoms with van der Waals surface area (Å²) in [6.07, 6.45) is 1.36. The third-order valence-electron chi connectivity index (χ3n) is 6.84. The van der Waals surface area contributed by atoms with Crippen molar-refractivity contribution in [1.29, 1.82) is 0 Å². The Hall–Kier alpha value is -4.20. The summed E-state index contributed by atoms with van der Waals surface area (Å²) in [6, 6.07) is 16.7. The third kappa shape index (κ3) is 3.69. The van der Waals surface area contributed by atoms with Crippen molar-refractivity contribution in [3.8, 4) is 28.5 Å². The summed E-state index contributed by atoms with van der Waals surface area (Å²) in [6.45, 7) is 2.25. The van der Waals surface area contributed by atoms with E-state index >= 15 is 0 Å². The monoisotopic (exact) mass is 486 g/mol. The highest BCUT2D eigenvalue weighted by Gasteiger charge is 2.51. The minimum atomic E-state index is -0.691. The van der Waals surface area contributed by atoms with Crippen LogP contribution >= 0.6 is 0 Å². The van der Waals surface area contributed by atoms with Crippen LogP contribution < -0.4 is 19.8 Å². The van der Waals surface area contributed by atoms with Crippen LogP contribution in [0.2, 0.25) is 0 Å². The first kappa shape index (κ1) is 22.3. The molecule has 3 aromatic carbocycles. The van der Waals surface area contributed by atoms with Crippen molar-refractivity contribution < 1.29 is 23.4 Å². The lowest BCUT2D eigenvalue weighted by molar-refractivity contribution is -0.122. The van der Waals surface area contributed by atoms with Gasteiger partial charge < -0.3 is 14.2 Å². The number of hydrogen-bond acceptors (Lipinski definition) is 6. The van der Waals surface area contributed by atoms with Gasteiger partial charge in [-0.15, -0.1) is 0 Å². The molecule has 1 saturated carbocycles. The number of ether oxygens (including phenoxy) is 3.